The third kappa shape index (κ3) is 5.13. The van der Waals surface area contributed by atoms with Gasteiger partial charge in [0, 0.05) is 39.6 Å². The molecule has 1 aliphatic rings. The van der Waals surface area contributed by atoms with Crippen LogP contribution in [0.1, 0.15) is 13.3 Å². The van der Waals surface area contributed by atoms with Gasteiger partial charge in [0.15, 0.2) is 0 Å². The molecule has 0 aromatic carbocycles. The summed E-state index contributed by atoms with van der Waals surface area (Å²) in [5, 5.41) is 8.19. The summed E-state index contributed by atoms with van der Waals surface area (Å²) in [6.07, 6.45) is 0.852. The zero-order chi connectivity index (χ0) is 13.4. The van der Waals surface area contributed by atoms with Gasteiger partial charge in [-0.2, -0.15) is 0 Å². The van der Waals surface area contributed by atoms with Crippen molar-refractivity contribution in [1.29, 1.82) is 0 Å². The van der Waals surface area contributed by atoms with Crippen LogP contribution in [-0.4, -0.2) is 61.9 Å². The molecule has 0 aromatic rings. The van der Waals surface area contributed by atoms with Crippen molar-refractivity contribution in [2.45, 2.75) is 13.3 Å². The first-order valence-electron chi connectivity index (χ1n) is 6.13. The molecule has 3 N–H and O–H groups in total. The van der Waals surface area contributed by atoms with Crippen LogP contribution < -0.4 is 16.0 Å². The predicted molar refractivity (Wildman–Crippen MR) is 65.8 cm³/mol. The van der Waals surface area contributed by atoms with Crippen molar-refractivity contribution in [3.05, 3.63) is 0 Å². The minimum atomic E-state index is -0.609. The van der Waals surface area contributed by atoms with Crippen LogP contribution in [0.15, 0.2) is 0 Å². The molecule has 0 saturated carbocycles. The van der Waals surface area contributed by atoms with Crippen LogP contribution in [0.25, 0.3) is 0 Å². The Bertz CT molecular complexity index is 311. The highest BCUT2D eigenvalue weighted by atomic mass is 16.2. The zero-order valence-electron chi connectivity index (χ0n) is 10.6. The summed E-state index contributed by atoms with van der Waals surface area (Å²) in [6, 6.07) is 0. The maximum Gasteiger partial charge on any atom is 0.311 e. The number of carbonyl (C=O) groups is 3. The number of rotatable bonds is 3. The lowest BCUT2D eigenvalue weighted by molar-refractivity contribution is -0.145. The quantitative estimate of drug-likeness (QED) is 0.405. The van der Waals surface area contributed by atoms with E-state index in [9.17, 15) is 14.4 Å². The van der Waals surface area contributed by atoms with Crippen molar-refractivity contribution < 1.29 is 14.4 Å². The minimum absolute atomic E-state index is 0.158. The Labute approximate surface area is 106 Å². The topological polar surface area (TPSA) is 90.5 Å². The molecule has 0 bridgehead atoms. The van der Waals surface area contributed by atoms with Crippen LogP contribution in [0, 0.1) is 0 Å². The van der Waals surface area contributed by atoms with Crippen LogP contribution in [-0.2, 0) is 14.4 Å². The molecule has 1 saturated heterocycles. The zero-order valence-corrected chi connectivity index (χ0v) is 10.6. The van der Waals surface area contributed by atoms with Gasteiger partial charge in [0.05, 0.1) is 0 Å². The third-order valence-electron chi connectivity index (χ3n) is 2.61. The molecule has 1 heterocycles. The fourth-order valence-corrected chi connectivity index (χ4v) is 1.68. The predicted octanol–water partition coefficient (Wildman–Crippen LogP) is -1.94. The van der Waals surface area contributed by atoms with Crippen molar-refractivity contribution in [1.82, 2.24) is 20.9 Å². The van der Waals surface area contributed by atoms with Gasteiger partial charge in [0.2, 0.25) is 5.91 Å². The Balaban J connectivity index is 2.27. The normalized spacial score (nSPS) is 15.7. The lowest BCUT2D eigenvalue weighted by Crippen LogP contribution is -2.46. The monoisotopic (exact) mass is 256 g/mol. The molecule has 0 unspecified atom stereocenters. The molecule has 0 spiro atoms. The van der Waals surface area contributed by atoms with Crippen molar-refractivity contribution in [3.8, 4) is 0 Å². The fraction of sp³-hybridized carbons (Fsp3) is 0.727. The molecule has 0 aromatic heterocycles. The Kier molecular flexibility index (Phi) is 6.13. The second-order valence-electron chi connectivity index (χ2n) is 4.13. The van der Waals surface area contributed by atoms with E-state index in [-0.39, 0.29) is 12.5 Å². The van der Waals surface area contributed by atoms with E-state index in [0.29, 0.717) is 26.2 Å². The smallest absolute Gasteiger partial charge is 0.311 e. The maximum atomic E-state index is 11.8. The minimum Gasteiger partial charge on any atom is -0.355 e. The molecule has 1 fully saturated rings. The molecule has 1 aliphatic heterocycles. The largest absolute Gasteiger partial charge is 0.355 e. The number of nitrogens with one attached hydrogen (secondary N) is 3. The van der Waals surface area contributed by atoms with Crippen molar-refractivity contribution in [3.63, 3.8) is 0 Å². The lowest BCUT2D eigenvalue weighted by atomic mass is 10.3. The molecule has 7 heteroatoms. The summed E-state index contributed by atoms with van der Waals surface area (Å²) in [7, 11) is 0. The Morgan fingerprint density at radius 3 is 2.56 bits per heavy atom. The van der Waals surface area contributed by atoms with Crippen LogP contribution in [0.5, 0.6) is 0 Å². The van der Waals surface area contributed by atoms with E-state index < -0.39 is 11.8 Å². The van der Waals surface area contributed by atoms with E-state index in [4.69, 9.17) is 0 Å². The van der Waals surface area contributed by atoms with Crippen LogP contribution in [0.3, 0.4) is 0 Å². The summed E-state index contributed by atoms with van der Waals surface area (Å²) < 4.78 is 0. The van der Waals surface area contributed by atoms with E-state index in [1.807, 2.05) is 0 Å². The van der Waals surface area contributed by atoms with Gasteiger partial charge < -0.3 is 20.9 Å². The third-order valence-corrected chi connectivity index (χ3v) is 2.61. The maximum absolute atomic E-state index is 11.8. The number of nitrogens with zero attached hydrogens (tertiary/aromatic N) is 1. The summed E-state index contributed by atoms with van der Waals surface area (Å²) >= 11 is 0. The van der Waals surface area contributed by atoms with E-state index >= 15 is 0 Å². The van der Waals surface area contributed by atoms with E-state index in [1.165, 1.54) is 6.92 Å². The molecular weight excluding hydrogens is 236 g/mol. The van der Waals surface area contributed by atoms with Crippen LogP contribution >= 0.6 is 0 Å². The first kappa shape index (κ1) is 14.4. The van der Waals surface area contributed by atoms with E-state index in [0.717, 1.165) is 13.0 Å². The average Bonchev–Trinajstić information content (AvgIpc) is 2.61. The number of hydrogen-bond donors (Lipinski definition) is 3. The van der Waals surface area contributed by atoms with Gasteiger partial charge in [-0.25, -0.2) is 0 Å². The van der Waals surface area contributed by atoms with Gasteiger partial charge in [-0.05, 0) is 13.0 Å². The highest BCUT2D eigenvalue weighted by molar-refractivity contribution is 6.35. The van der Waals surface area contributed by atoms with E-state index in [1.54, 1.807) is 4.90 Å². The number of hydrogen-bond acceptors (Lipinski definition) is 4. The molecule has 1 rings (SSSR count). The average molecular weight is 256 g/mol. The van der Waals surface area contributed by atoms with Gasteiger partial charge in [-0.3, -0.25) is 14.4 Å². The van der Waals surface area contributed by atoms with Crippen molar-refractivity contribution >= 4 is 17.7 Å². The van der Waals surface area contributed by atoms with Gasteiger partial charge in [-0.1, -0.05) is 0 Å². The Morgan fingerprint density at radius 2 is 1.83 bits per heavy atom. The van der Waals surface area contributed by atoms with Gasteiger partial charge >= 0.3 is 11.8 Å². The Morgan fingerprint density at radius 1 is 1.11 bits per heavy atom. The lowest BCUT2D eigenvalue weighted by Gasteiger charge is -2.19. The molecule has 0 atom stereocenters. The molecule has 0 radical (unpaired) electrons. The standard InChI is InChI=1S/C11H20N4O3/c1-9(16)13-4-5-14-10(17)11(18)15-7-2-3-12-6-8-15/h12H,2-8H2,1H3,(H,13,16)(H,14,17). The fourth-order valence-electron chi connectivity index (χ4n) is 1.68. The number of amides is 3. The molecule has 18 heavy (non-hydrogen) atoms. The molecular formula is C11H20N4O3. The highest BCUT2D eigenvalue weighted by Crippen LogP contribution is 1.96. The first-order chi connectivity index (χ1) is 8.61. The molecule has 7 nitrogen and oxygen atoms in total. The number of carbonyl (C=O) groups excluding carboxylic acids is 3. The summed E-state index contributed by atoms with van der Waals surface area (Å²) in [4.78, 5) is 35.5. The summed E-state index contributed by atoms with van der Waals surface area (Å²) in [5.74, 6) is -1.27. The molecule has 3 amide bonds. The van der Waals surface area contributed by atoms with Crippen LogP contribution in [0.2, 0.25) is 0 Å². The SMILES string of the molecule is CC(=O)NCCNC(=O)C(=O)N1CCCNCC1. The Hall–Kier alpha value is -1.63. The second kappa shape index (κ2) is 7.65. The van der Waals surface area contributed by atoms with Crippen molar-refractivity contribution in [2.24, 2.45) is 0 Å². The van der Waals surface area contributed by atoms with Crippen molar-refractivity contribution in [2.75, 3.05) is 39.3 Å². The van der Waals surface area contributed by atoms with Gasteiger partial charge in [0.1, 0.15) is 0 Å². The van der Waals surface area contributed by atoms with Gasteiger partial charge in [0.25, 0.3) is 0 Å². The molecule has 102 valence electrons. The van der Waals surface area contributed by atoms with E-state index in [2.05, 4.69) is 16.0 Å². The molecule has 0 aliphatic carbocycles. The van der Waals surface area contributed by atoms with Crippen LogP contribution in [0.4, 0.5) is 0 Å². The van der Waals surface area contributed by atoms with Gasteiger partial charge in [-0.15, -0.1) is 0 Å². The second-order valence-corrected chi connectivity index (χ2v) is 4.13. The highest BCUT2D eigenvalue weighted by Gasteiger charge is 2.21. The summed E-state index contributed by atoms with van der Waals surface area (Å²) in [5.41, 5.74) is 0. The summed E-state index contributed by atoms with van der Waals surface area (Å²) in [6.45, 7) is 4.73. The first-order valence-corrected chi connectivity index (χ1v) is 6.13.